The van der Waals surface area contributed by atoms with E-state index in [1.165, 1.54) is 24.5 Å². The Kier molecular flexibility index (Phi) is 5.34. The van der Waals surface area contributed by atoms with Gasteiger partial charge in [-0.3, -0.25) is 10.2 Å². The van der Waals surface area contributed by atoms with Crippen molar-refractivity contribution >= 4 is 27.3 Å². The van der Waals surface area contributed by atoms with E-state index in [4.69, 9.17) is 4.74 Å². The molecule has 2 N–H and O–H groups in total. The molecule has 0 saturated heterocycles. The summed E-state index contributed by atoms with van der Waals surface area (Å²) in [6.07, 6.45) is -0.00217. The fraction of sp³-hybridized carbons (Fsp3) is 0.286. The highest BCUT2D eigenvalue weighted by Gasteiger charge is 2.20. The molecule has 0 atom stereocenters. The third-order valence-corrected chi connectivity index (χ3v) is 5.03. The number of sulfonamides is 1. The predicted molar refractivity (Wildman–Crippen MR) is 86.8 cm³/mol. The number of aromatic nitrogens is 1. The van der Waals surface area contributed by atoms with Gasteiger partial charge in [0.15, 0.2) is 0 Å². The Hall–Kier alpha value is -1.97. The van der Waals surface area contributed by atoms with E-state index in [9.17, 15) is 13.2 Å². The number of carbonyl (C=O) groups is 1. The molecule has 0 bridgehead atoms. The van der Waals surface area contributed by atoms with Gasteiger partial charge in [-0.1, -0.05) is 6.07 Å². The lowest BCUT2D eigenvalue weighted by Gasteiger charge is -2.12. The SMILES string of the molecule is COc1ccc(C)cc1S(=O)(=O)NNC(=O)Cc1csc(C)n1. The van der Waals surface area contributed by atoms with Gasteiger partial charge in [0.05, 0.1) is 24.2 Å². The minimum atomic E-state index is -3.93. The third-order valence-electron chi connectivity index (χ3n) is 2.94. The second-order valence-electron chi connectivity index (χ2n) is 4.84. The molecule has 0 aliphatic heterocycles. The van der Waals surface area contributed by atoms with Crippen molar-refractivity contribution in [2.45, 2.75) is 25.2 Å². The van der Waals surface area contributed by atoms with Crippen LogP contribution in [0.3, 0.4) is 0 Å². The molecular weight excluding hydrogens is 338 g/mol. The maximum Gasteiger partial charge on any atom is 0.261 e. The third kappa shape index (κ3) is 4.50. The highest BCUT2D eigenvalue weighted by atomic mass is 32.2. The quantitative estimate of drug-likeness (QED) is 0.762. The second kappa shape index (κ2) is 7.07. The number of amides is 1. The van der Waals surface area contributed by atoms with Crippen molar-refractivity contribution in [3.05, 3.63) is 39.8 Å². The van der Waals surface area contributed by atoms with Crippen molar-refractivity contribution in [3.63, 3.8) is 0 Å². The number of rotatable bonds is 6. The van der Waals surface area contributed by atoms with E-state index < -0.39 is 15.9 Å². The molecular formula is C14H17N3O4S2. The van der Waals surface area contributed by atoms with E-state index >= 15 is 0 Å². The lowest BCUT2D eigenvalue weighted by atomic mass is 10.2. The first kappa shape index (κ1) is 17.4. The van der Waals surface area contributed by atoms with E-state index in [0.29, 0.717) is 5.69 Å². The Morgan fingerprint density at radius 2 is 2.09 bits per heavy atom. The van der Waals surface area contributed by atoms with Gasteiger partial charge in [-0.05, 0) is 31.5 Å². The summed E-state index contributed by atoms with van der Waals surface area (Å²) >= 11 is 1.43. The summed E-state index contributed by atoms with van der Waals surface area (Å²) in [6.45, 7) is 3.60. The van der Waals surface area contributed by atoms with Crippen LogP contribution in [0, 0.1) is 13.8 Å². The van der Waals surface area contributed by atoms with Gasteiger partial charge in [0.1, 0.15) is 10.6 Å². The fourth-order valence-corrected chi connectivity index (χ4v) is 3.60. The lowest BCUT2D eigenvalue weighted by molar-refractivity contribution is -0.120. The first-order valence-corrected chi connectivity index (χ1v) is 9.04. The molecule has 1 amide bonds. The average Bonchev–Trinajstić information content (AvgIpc) is 2.90. The number of methoxy groups -OCH3 is 1. The summed E-state index contributed by atoms with van der Waals surface area (Å²) in [5.74, 6) is -0.294. The number of carbonyl (C=O) groups excluding carboxylic acids is 1. The van der Waals surface area contributed by atoms with Crippen molar-refractivity contribution in [2.75, 3.05) is 7.11 Å². The summed E-state index contributed by atoms with van der Waals surface area (Å²) in [6, 6.07) is 4.77. The monoisotopic (exact) mass is 355 g/mol. The Balaban J connectivity index is 2.07. The van der Waals surface area contributed by atoms with E-state index in [-0.39, 0.29) is 17.1 Å². The number of nitrogens with zero attached hydrogens (tertiary/aromatic N) is 1. The minimum absolute atomic E-state index is 0.00217. The number of thiazole rings is 1. The minimum Gasteiger partial charge on any atom is -0.495 e. The van der Waals surface area contributed by atoms with Crippen LogP contribution in [0.25, 0.3) is 0 Å². The number of aryl methyl sites for hydroxylation is 2. The molecule has 0 radical (unpaired) electrons. The van der Waals surface area contributed by atoms with Gasteiger partial charge < -0.3 is 4.74 Å². The molecule has 2 rings (SSSR count). The molecule has 0 aliphatic carbocycles. The van der Waals surface area contributed by atoms with Crippen molar-refractivity contribution in [1.29, 1.82) is 0 Å². The first-order chi connectivity index (χ1) is 10.8. The van der Waals surface area contributed by atoms with E-state index in [1.54, 1.807) is 24.4 Å². The average molecular weight is 355 g/mol. The molecule has 9 heteroatoms. The van der Waals surface area contributed by atoms with Gasteiger partial charge >= 0.3 is 0 Å². The summed E-state index contributed by atoms with van der Waals surface area (Å²) in [5.41, 5.74) is 3.54. The van der Waals surface area contributed by atoms with Gasteiger partial charge in [0.2, 0.25) is 5.91 Å². The predicted octanol–water partition coefficient (Wildman–Crippen LogP) is 1.32. The topological polar surface area (TPSA) is 97.4 Å². The Morgan fingerprint density at radius 3 is 2.70 bits per heavy atom. The summed E-state index contributed by atoms with van der Waals surface area (Å²) < 4.78 is 29.7. The van der Waals surface area contributed by atoms with Gasteiger partial charge in [0.25, 0.3) is 10.0 Å². The Morgan fingerprint density at radius 1 is 1.35 bits per heavy atom. The number of benzene rings is 1. The molecule has 0 fully saturated rings. The highest BCUT2D eigenvalue weighted by Crippen LogP contribution is 2.24. The normalized spacial score (nSPS) is 11.3. The van der Waals surface area contributed by atoms with Crippen LogP contribution < -0.4 is 15.0 Å². The van der Waals surface area contributed by atoms with E-state index in [0.717, 1.165) is 10.6 Å². The van der Waals surface area contributed by atoms with Crippen molar-refractivity contribution < 1.29 is 17.9 Å². The van der Waals surface area contributed by atoms with Crippen LogP contribution in [0.5, 0.6) is 5.75 Å². The molecule has 23 heavy (non-hydrogen) atoms. The van der Waals surface area contributed by atoms with Crippen LogP contribution >= 0.6 is 11.3 Å². The molecule has 1 heterocycles. The van der Waals surface area contributed by atoms with Crippen molar-refractivity contribution in [2.24, 2.45) is 0 Å². The molecule has 0 saturated carbocycles. The molecule has 7 nitrogen and oxygen atoms in total. The molecule has 0 spiro atoms. The Labute approximate surface area is 138 Å². The Bertz CT molecular complexity index is 815. The second-order valence-corrected chi connectivity index (χ2v) is 7.56. The maximum absolute atomic E-state index is 12.3. The summed E-state index contributed by atoms with van der Waals surface area (Å²) in [7, 11) is -2.55. The standard InChI is InChI=1S/C14H17N3O4S2/c1-9-4-5-12(21-3)13(6-9)23(19,20)17-16-14(18)7-11-8-22-10(2)15-11/h4-6,8,17H,7H2,1-3H3,(H,16,18). The smallest absolute Gasteiger partial charge is 0.261 e. The largest absolute Gasteiger partial charge is 0.495 e. The molecule has 1 aromatic heterocycles. The lowest BCUT2D eigenvalue weighted by Crippen LogP contribution is -2.42. The van der Waals surface area contributed by atoms with Crippen molar-refractivity contribution in [3.8, 4) is 5.75 Å². The van der Waals surface area contributed by atoms with Crippen LogP contribution in [0.2, 0.25) is 0 Å². The van der Waals surface area contributed by atoms with Gasteiger partial charge in [-0.15, -0.1) is 16.2 Å². The van der Waals surface area contributed by atoms with Crippen LogP contribution in [-0.2, 0) is 21.2 Å². The summed E-state index contributed by atoms with van der Waals surface area (Å²) in [4.78, 5) is 18.0. The number of hydrogen-bond acceptors (Lipinski definition) is 6. The molecule has 2 aromatic rings. The molecule has 1 aromatic carbocycles. The maximum atomic E-state index is 12.3. The highest BCUT2D eigenvalue weighted by molar-refractivity contribution is 7.89. The van der Waals surface area contributed by atoms with Crippen LogP contribution in [0.1, 0.15) is 16.3 Å². The first-order valence-electron chi connectivity index (χ1n) is 6.68. The number of hydrogen-bond donors (Lipinski definition) is 2. The van der Waals surface area contributed by atoms with Crippen molar-refractivity contribution in [1.82, 2.24) is 15.2 Å². The van der Waals surface area contributed by atoms with Crippen LogP contribution in [0.15, 0.2) is 28.5 Å². The van der Waals surface area contributed by atoms with Gasteiger partial charge in [0, 0.05) is 5.38 Å². The van der Waals surface area contributed by atoms with Gasteiger partial charge in [-0.25, -0.2) is 13.4 Å². The van der Waals surface area contributed by atoms with Gasteiger partial charge in [-0.2, -0.15) is 0 Å². The zero-order valence-electron chi connectivity index (χ0n) is 12.9. The number of ether oxygens (including phenoxy) is 1. The zero-order valence-corrected chi connectivity index (χ0v) is 14.5. The zero-order chi connectivity index (χ0) is 17.0. The molecule has 0 aliphatic rings. The molecule has 0 unspecified atom stereocenters. The number of hydrazine groups is 1. The van der Waals surface area contributed by atoms with Crippen LogP contribution in [-0.4, -0.2) is 26.4 Å². The fourth-order valence-electron chi connectivity index (χ4n) is 1.87. The van der Waals surface area contributed by atoms with E-state index in [1.807, 2.05) is 6.92 Å². The molecule has 124 valence electrons. The summed E-state index contributed by atoms with van der Waals surface area (Å²) in [5, 5.41) is 2.60. The van der Waals surface area contributed by atoms with E-state index in [2.05, 4.69) is 15.2 Å². The van der Waals surface area contributed by atoms with Crippen LogP contribution in [0.4, 0.5) is 0 Å². The number of nitrogens with one attached hydrogen (secondary N) is 2.